The third-order valence-corrected chi connectivity index (χ3v) is 3.35. The highest BCUT2D eigenvalue weighted by atomic mass is 35.5. The molecule has 2 aromatic rings. The monoisotopic (exact) mass is 336 g/mol. The molecule has 1 amide bonds. The van der Waals surface area contributed by atoms with Gasteiger partial charge in [0.25, 0.3) is 5.91 Å². The van der Waals surface area contributed by atoms with Crippen molar-refractivity contribution in [2.24, 2.45) is 5.10 Å². The number of rotatable bonds is 5. The minimum absolute atomic E-state index is 0.110. The molecule has 0 unspecified atom stereocenters. The van der Waals surface area contributed by atoms with Gasteiger partial charge in [0.1, 0.15) is 0 Å². The number of carbonyl (C=O) groups is 1. The second kappa shape index (κ2) is 7.77. The van der Waals surface area contributed by atoms with Gasteiger partial charge in [0.2, 0.25) is 0 Å². The summed E-state index contributed by atoms with van der Waals surface area (Å²) in [6.45, 7) is 2.09. The number of halogens is 2. The number of benzene rings is 1. The number of hydrogen-bond donors (Lipinski definition) is 2. The van der Waals surface area contributed by atoms with Crippen LogP contribution in [0.5, 0.6) is 0 Å². The summed E-state index contributed by atoms with van der Waals surface area (Å²) < 4.78 is 0. The first-order valence-electron chi connectivity index (χ1n) is 6.47. The molecule has 22 heavy (non-hydrogen) atoms. The van der Waals surface area contributed by atoms with Crippen molar-refractivity contribution in [2.45, 2.75) is 6.92 Å². The van der Waals surface area contributed by atoms with E-state index in [0.29, 0.717) is 15.6 Å². The lowest BCUT2D eigenvalue weighted by Crippen LogP contribution is -2.25. The van der Waals surface area contributed by atoms with Crippen LogP contribution in [0.15, 0.2) is 41.8 Å². The third kappa shape index (κ3) is 4.72. The predicted octanol–water partition coefficient (Wildman–Crippen LogP) is 3.26. The van der Waals surface area contributed by atoms with E-state index in [0.717, 1.165) is 11.3 Å². The Morgan fingerprint density at radius 1 is 1.32 bits per heavy atom. The van der Waals surface area contributed by atoms with Gasteiger partial charge in [0, 0.05) is 23.6 Å². The lowest BCUT2D eigenvalue weighted by Gasteiger charge is -2.06. The van der Waals surface area contributed by atoms with Crippen molar-refractivity contribution in [3.05, 3.63) is 57.8 Å². The Bertz CT molecular complexity index is 683. The fraction of sp³-hybridized carbons (Fsp3) is 0.133. The van der Waals surface area contributed by atoms with E-state index in [1.165, 1.54) is 18.6 Å². The fourth-order valence-corrected chi connectivity index (χ4v) is 2.15. The molecule has 0 aliphatic carbocycles. The van der Waals surface area contributed by atoms with Gasteiger partial charge in [-0.1, -0.05) is 35.3 Å². The van der Waals surface area contributed by atoms with Crippen LogP contribution in [0.2, 0.25) is 10.0 Å². The first kappa shape index (κ1) is 16.3. The Morgan fingerprint density at radius 2 is 2.05 bits per heavy atom. The van der Waals surface area contributed by atoms with Gasteiger partial charge in [-0.3, -0.25) is 9.78 Å². The van der Waals surface area contributed by atoms with Gasteiger partial charge in [-0.05, 0) is 24.6 Å². The molecular weight excluding hydrogens is 323 g/mol. The molecule has 1 aromatic carbocycles. The Kier molecular flexibility index (Phi) is 5.75. The fourth-order valence-electron chi connectivity index (χ4n) is 1.69. The van der Waals surface area contributed by atoms with Crippen LogP contribution in [-0.2, 0) is 4.79 Å². The molecule has 5 nitrogen and oxygen atoms in total. The molecular formula is C15H14Cl2N4O. The number of pyridine rings is 1. The number of amides is 1. The predicted molar refractivity (Wildman–Crippen MR) is 89.7 cm³/mol. The second-order valence-electron chi connectivity index (χ2n) is 4.53. The maximum atomic E-state index is 11.7. The van der Waals surface area contributed by atoms with Crippen LogP contribution in [0, 0.1) is 6.92 Å². The topological polar surface area (TPSA) is 66.4 Å². The SMILES string of the molecule is Cc1cccc(NCC(=O)NN=Cc2c(Cl)cncc2Cl)c1. The number of hydrazone groups is 1. The van der Waals surface area contributed by atoms with Crippen molar-refractivity contribution >= 4 is 41.0 Å². The van der Waals surface area contributed by atoms with Gasteiger partial charge in [-0.25, -0.2) is 5.43 Å². The number of anilines is 1. The van der Waals surface area contributed by atoms with Crippen molar-refractivity contribution in [3.8, 4) is 0 Å². The van der Waals surface area contributed by atoms with Gasteiger partial charge in [-0.2, -0.15) is 5.10 Å². The third-order valence-electron chi connectivity index (χ3n) is 2.74. The lowest BCUT2D eigenvalue weighted by molar-refractivity contribution is -0.119. The Hall–Kier alpha value is -2.11. The average molecular weight is 337 g/mol. The number of carbonyl (C=O) groups excluding carboxylic acids is 1. The summed E-state index contributed by atoms with van der Waals surface area (Å²) in [6.07, 6.45) is 4.29. The Morgan fingerprint density at radius 3 is 2.73 bits per heavy atom. The van der Waals surface area contributed by atoms with Gasteiger partial charge >= 0.3 is 0 Å². The van der Waals surface area contributed by atoms with E-state index in [1.807, 2.05) is 31.2 Å². The maximum Gasteiger partial charge on any atom is 0.259 e. The summed E-state index contributed by atoms with van der Waals surface area (Å²) in [7, 11) is 0. The average Bonchev–Trinajstić information content (AvgIpc) is 2.48. The molecule has 1 aromatic heterocycles. The number of aryl methyl sites for hydroxylation is 1. The van der Waals surface area contributed by atoms with E-state index >= 15 is 0 Å². The van der Waals surface area contributed by atoms with E-state index in [2.05, 4.69) is 20.8 Å². The number of nitrogens with one attached hydrogen (secondary N) is 2. The lowest BCUT2D eigenvalue weighted by atomic mass is 10.2. The molecule has 0 atom stereocenters. The molecule has 0 saturated heterocycles. The van der Waals surface area contributed by atoms with Crippen LogP contribution in [0.3, 0.4) is 0 Å². The van der Waals surface area contributed by atoms with Crippen LogP contribution in [0.25, 0.3) is 0 Å². The number of nitrogens with zero attached hydrogens (tertiary/aromatic N) is 2. The smallest absolute Gasteiger partial charge is 0.259 e. The highest BCUT2D eigenvalue weighted by Gasteiger charge is 2.04. The van der Waals surface area contributed by atoms with Gasteiger partial charge in [0.15, 0.2) is 0 Å². The minimum atomic E-state index is -0.279. The standard InChI is InChI=1S/C15H14Cl2N4O/c1-10-3-2-4-11(5-10)19-9-15(22)21-20-6-12-13(16)7-18-8-14(12)17/h2-8,19H,9H2,1H3,(H,21,22). The maximum absolute atomic E-state index is 11.7. The molecule has 0 radical (unpaired) electrons. The summed E-state index contributed by atoms with van der Waals surface area (Å²) in [4.78, 5) is 15.5. The van der Waals surface area contributed by atoms with Gasteiger partial charge < -0.3 is 5.32 Å². The highest BCUT2D eigenvalue weighted by molar-refractivity contribution is 6.38. The first-order chi connectivity index (χ1) is 10.6. The highest BCUT2D eigenvalue weighted by Crippen LogP contribution is 2.20. The van der Waals surface area contributed by atoms with Crippen LogP contribution in [0.4, 0.5) is 5.69 Å². The number of aromatic nitrogens is 1. The Labute approximate surface area is 138 Å². The normalized spacial score (nSPS) is 10.7. The minimum Gasteiger partial charge on any atom is -0.376 e. The zero-order valence-corrected chi connectivity index (χ0v) is 13.3. The van der Waals surface area contributed by atoms with Crippen molar-refractivity contribution in [2.75, 3.05) is 11.9 Å². The summed E-state index contributed by atoms with van der Waals surface area (Å²) in [5.74, 6) is -0.279. The molecule has 0 saturated carbocycles. The molecule has 0 aliphatic heterocycles. The quantitative estimate of drug-likeness (QED) is 0.650. The van der Waals surface area contributed by atoms with E-state index in [4.69, 9.17) is 23.2 Å². The first-order valence-corrected chi connectivity index (χ1v) is 7.23. The van der Waals surface area contributed by atoms with Gasteiger partial charge in [0.05, 0.1) is 22.8 Å². The summed E-state index contributed by atoms with van der Waals surface area (Å²) in [5.41, 5.74) is 4.90. The molecule has 2 rings (SSSR count). The second-order valence-corrected chi connectivity index (χ2v) is 5.35. The molecule has 0 spiro atoms. The van der Waals surface area contributed by atoms with E-state index in [-0.39, 0.29) is 12.5 Å². The van der Waals surface area contributed by atoms with E-state index in [9.17, 15) is 4.79 Å². The van der Waals surface area contributed by atoms with Crippen LogP contribution in [-0.4, -0.2) is 23.7 Å². The van der Waals surface area contributed by atoms with Gasteiger partial charge in [-0.15, -0.1) is 0 Å². The molecule has 2 N–H and O–H groups in total. The van der Waals surface area contributed by atoms with E-state index < -0.39 is 0 Å². The van der Waals surface area contributed by atoms with Crippen molar-refractivity contribution in [1.29, 1.82) is 0 Å². The van der Waals surface area contributed by atoms with Crippen molar-refractivity contribution in [3.63, 3.8) is 0 Å². The largest absolute Gasteiger partial charge is 0.376 e. The van der Waals surface area contributed by atoms with Crippen LogP contribution in [0.1, 0.15) is 11.1 Å². The summed E-state index contributed by atoms with van der Waals surface area (Å²) in [5, 5.41) is 7.57. The van der Waals surface area contributed by atoms with Crippen molar-refractivity contribution in [1.82, 2.24) is 10.4 Å². The number of hydrogen-bond acceptors (Lipinski definition) is 4. The molecule has 0 fully saturated rings. The van der Waals surface area contributed by atoms with Crippen LogP contribution < -0.4 is 10.7 Å². The molecule has 0 bridgehead atoms. The zero-order valence-electron chi connectivity index (χ0n) is 11.8. The summed E-state index contributed by atoms with van der Waals surface area (Å²) >= 11 is 11.9. The summed E-state index contributed by atoms with van der Waals surface area (Å²) in [6, 6.07) is 7.74. The van der Waals surface area contributed by atoms with Crippen molar-refractivity contribution < 1.29 is 4.79 Å². The molecule has 114 valence electrons. The zero-order chi connectivity index (χ0) is 15.9. The molecule has 0 aliphatic rings. The molecule has 7 heteroatoms. The van der Waals surface area contributed by atoms with Crippen LogP contribution >= 0.6 is 23.2 Å². The Balaban J connectivity index is 1.86. The van der Waals surface area contributed by atoms with E-state index in [1.54, 1.807) is 0 Å². The molecule has 1 heterocycles.